The summed E-state index contributed by atoms with van der Waals surface area (Å²) in [5.74, 6) is 0.765. The molecule has 120 valence electrons. The van der Waals surface area contributed by atoms with Crippen LogP contribution in [0.25, 0.3) is 11.3 Å². The zero-order valence-electron chi connectivity index (χ0n) is 12.8. The molecule has 0 saturated heterocycles. The second-order valence-corrected chi connectivity index (χ2v) is 4.63. The second kappa shape index (κ2) is 8.57. The number of rotatable bonds is 6. The van der Waals surface area contributed by atoms with E-state index in [0.29, 0.717) is 24.5 Å². The van der Waals surface area contributed by atoms with Crippen LogP contribution in [0.1, 0.15) is 25.7 Å². The second-order valence-electron chi connectivity index (χ2n) is 4.63. The van der Waals surface area contributed by atoms with E-state index in [1.807, 2.05) is 30.3 Å². The smallest absolute Gasteiger partial charge is 0.447 e. The molecule has 1 heterocycles. The van der Waals surface area contributed by atoms with Gasteiger partial charge in [-0.3, -0.25) is 4.79 Å². The van der Waals surface area contributed by atoms with Crippen LogP contribution in [0.2, 0.25) is 0 Å². The van der Waals surface area contributed by atoms with Crippen LogP contribution in [-0.4, -0.2) is 23.6 Å². The number of carbonyl (C=O) groups excluding carboxylic acids is 2. The Kier molecular flexibility index (Phi) is 6.17. The van der Waals surface area contributed by atoms with Crippen molar-refractivity contribution in [1.82, 2.24) is 4.98 Å². The van der Waals surface area contributed by atoms with Gasteiger partial charge in [0.05, 0.1) is 12.8 Å². The molecule has 0 aliphatic heterocycles. The zero-order valence-corrected chi connectivity index (χ0v) is 12.8. The quantitative estimate of drug-likeness (QED) is 0.756. The average Bonchev–Trinajstić information content (AvgIpc) is 3.03. The number of carbonyl (C=O) groups is 2. The van der Waals surface area contributed by atoms with Gasteiger partial charge in [-0.05, 0) is 13.3 Å². The highest BCUT2D eigenvalue weighted by Gasteiger charge is 2.08. The highest BCUT2D eigenvalue weighted by molar-refractivity contribution is 5.78. The molecule has 1 aromatic heterocycles. The number of oxazole rings is 1. The van der Waals surface area contributed by atoms with Crippen molar-refractivity contribution < 1.29 is 18.7 Å². The molecule has 7 nitrogen and oxygen atoms in total. The Morgan fingerprint density at radius 1 is 1.22 bits per heavy atom. The third-order valence-electron chi connectivity index (χ3n) is 2.90. The molecular weight excluding hydrogens is 298 g/mol. The van der Waals surface area contributed by atoms with Crippen LogP contribution in [-0.2, 0) is 16.0 Å². The maximum absolute atomic E-state index is 11.4. The summed E-state index contributed by atoms with van der Waals surface area (Å²) in [4.78, 5) is 26.6. The Hall–Kier alpha value is -2.83. The summed E-state index contributed by atoms with van der Waals surface area (Å²) in [6.07, 6.45) is 1.98. The number of amides is 2. The summed E-state index contributed by atoms with van der Waals surface area (Å²) in [6.45, 7) is 1.84. The fraction of sp³-hybridized carbons (Fsp3) is 0.312. The molecule has 1 aromatic carbocycles. The number of azo groups is 1. The fourth-order valence-corrected chi connectivity index (χ4v) is 1.85. The number of ether oxygens (including phenoxy) is 1. The van der Waals surface area contributed by atoms with Crippen molar-refractivity contribution in [2.24, 2.45) is 10.2 Å². The minimum Gasteiger partial charge on any atom is -0.447 e. The first-order valence-corrected chi connectivity index (χ1v) is 7.30. The number of hydrogen-bond acceptors (Lipinski definition) is 5. The standard InChI is InChI=1S/C16H17N3O4/c1-2-22-16(21)19-18-14(20)9-6-10-15-17-11-13(23-15)12-7-4-3-5-8-12/h3-5,7-8,11H,2,6,9-10H2,1H3. The third kappa shape index (κ3) is 5.46. The molecule has 0 bridgehead atoms. The monoisotopic (exact) mass is 315 g/mol. The maximum atomic E-state index is 11.4. The first kappa shape index (κ1) is 16.5. The van der Waals surface area contributed by atoms with Crippen molar-refractivity contribution in [3.05, 3.63) is 42.4 Å². The molecule has 0 radical (unpaired) electrons. The molecule has 0 atom stereocenters. The van der Waals surface area contributed by atoms with E-state index in [4.69, 9.17) is 4.42 Å². The third-order valence-corrected chi connectivity index (χ3v) is 2.90. The molecule has 0 aliphatic rings. The minimum atomic E-state index is -0.860. The van der Waals surface area contributed by atoms with Crippen molar-refractivity contribution in [2.45, 2.75) is 26.2 Å². The van der Waals surface area contributed by atoms with Gasteiger partial charge in [-0.1, -0.05) is 35.4 Å². The lowest BCUT2D eigenvalue weighted by molar-refractivity contribution is -0.118. The maximum Gasteiger partial charge on any atom is 0.452 e. The van der Waals surface area contributed by atoms with Crippen molar-refractivity contribution in [1.29, 1.82) is 0 Å². The lowest BCUT2D eigenvalue weighted by Crippen LogP contribution is -1.99. The molecule has 7 heteroatoms. The molecule has 0 saturated carbocycles. The normalized spacial score (nSPS) is 10.8. The summed E-state index contributed by atoms with van der Waals surface area (Å²) < 4.78 is 10.2. The molecule has 0 aliphatic carbocycles. The van der Waals surface area contributed by atoms with Crippen molar-refractivity contribution >= 4 is 12.0 Å². The van der Waals surface area contributed by atoms with E-state index in [2.05, 4.69) is 19.9 Å². The van der Waals surface area contributed by atoms with Crippen molar-refractivity contribution in [2.75, 3.05) is 6.61 Å². The van der Waals surface area contributed by atoms with E-state index in [0.717, 1.165) is 5.56 Å². The average molecular weight is 315 g/mol. The van der Waals surface area contributed by atoms with E-state index in [9.17, 15) is 9.59 Å². The summed E-state index contributed by atoms with van der Waals surface area (Å²) in [6, 6.07) is 9.64. The SMILES string of the molecule is CCOC(=O)N=NC(=O)CCCc1ncc(-c2ccccc2)o1. The molecule has 23 heavy (non-hydrogen) atoms. The lowest BCUT2D eigenvalue weighted by atomic mass is 10.2. The van der Waals surface area contributed by atoms with Gasteiger partial charge in [-0.2, -0.15) is 0 Å². The Morgan fingerprint density at radius 2 is 2.00 bits per heavy atom. The van der Waals surface area contributed by atoms with Crippen LogP contribution >= 0.6 is 0 Å². The molecule has 0 N–H and O–H groups in total. The lowest BCUT2D eigenvalue weighted by Gasteiger charge is -1.96. The summed E-state index contributed by atoms with van der Waals surface area (Å²) in [5, 5.41) is 6.45. The van der Waals surface area contributed by atoms with Gasteiger partial charge in [0.1, 0.15) is 0 Å². The van der Waals surface area contributed by atoms with E-state index < -0.39 is 12.0 Å². The van der Waals surface area contributed by atoms with Gasteiger partial charge < -0.3 is 9.15 Å². The molecule has 2 rings (SSSR count). The van der Waals surface area contributed by atoms with Gasteiger partial charge in [-0.25, -0.2) is 9.78 Å². The largest absolute Gasteiger partial charge is 0.452 e. The van der Waals surface area contributed by atoms with Crippen molar-refractivity contribution in [3.63, 3.8) is 0 Å². The Bertz CT molecular complexity index is 680. The Balaban J connectivity index is 1.78. The van der Waals surface area contributed by atoms with Crippen LogP contribution < -0.4 is 0 Å². The van der Waals surface area contributed by atoms with Crippen molar-refractivity contribution in [3.8, 4) is 11.3 Å². The van der Waals surface area contributed by atoms with Crippen LogP contribution in [0.5, 0.6) is 0 Å². The zero-order chi connectivity index (χ0) is 16.5. The first-order valence-electron chi connectivity index (χ1n) is 7.30. The van der Waals surface area contributed by atoms with E-state index in [-0.39, 0.29) is 13.0 Å². The minimum absolute atomic E-state index is 0.159. The van der Waals surface area contributed by atoms with Gasteiger partial charge in [0, 0.05) is 18.4 Å². The first-order chi connectivity index (χ1) is 11.2. The summed E-state index contributed by atoms with van der Waals surface area (Å²) >= 11 is 0. The van der Waals surface area contributed by atoms with Gasteiger partial charge in [0.25, 0.3) is 5.91 Å². The van der Waals surface area contributed by atoms with Crippen LogP contribution in [0.3, 0.4) is 0 Å². The van der Waals surface area contributed by atoms with Gasteiger partial charge >= 0.3 is 6.09 Å². The molecule has 0 spiro atoms. The fourth-order valence-electron chi connectivity index (χ4n) is 1.85. The Morgan fingerprint density at radius 3 is 2.74 bits per heavy atom. The Labute approximate surface area is 133 Å². The number of benzene rings is 1. The molecular formula is C16H17N3O4. The molecule has 0 fully saturated rings. The van der Waals surface area contributed by atoms with Gasteiger partial charge in [0.15, 0.2) is 11.7 Å². The summed E-state index contributed by atoms with van der Waals surface area (Å²) in [7, 11) is 0. The topological polar surface area (TPSA) is 94.1 Å². The molecule has 2 aromatic rings. The predicted octanol–water partition coefficient (Wildman–Crippen LogP) is 3.80. The molecule has 0 unspecified atom stereocenters. The number of hydrogen-bond donors (Lipinski definition) is 0. The predicted molar refractivity (Wildman–Crippen MR) is 81.8 cm³/mol. The van der Waals surface area contributed by atoms with E-state index in [1.165, 1.54) is 0 Å². The number of nitrogens with zero attached hydrogens (tertiary/aromatic N) is 3. The highest BCUT2D eigenvalue weighted by Crippen LogP contribution is 2.20. The van der Waals surface area contributed by atoms with Gasteiger partial charge in [-0.15, -0.1) is 5.11 Å². The van der Waals surface area contributed by atoms with Crippen LogP contribution in [0.15, 0.2) is 51.2 Å². The highest BCUT2D eigenvalue weighted by atomic mass is 16.5. The van der Waals surface area contributed by atoms with Crippen LogP contribution in [0.4, 0.5) is 4.79 Å². The van der Waals surface area contributed by atoms with Gasteiger partial charge in [0.2, 0.25) is 0 Å². The van der Waals surface area contributed by atoms with Crippen LogP contribution in [0, 0.1) is 0 Å². The molecule has 2 amide bonds. The number of aryl methyl sites for hydroxylation is 1. The number of aromatic nitrogens is 1. The van der Waals surface area contributed by atoms with E-state index in [1.54, 1.807) is 13.1 Å². The van der Waals surface area contributed by atoms with E-state index >= 15 is 0 Å². The summed E-state index contributed by atoms with van der Waals surface area (Å²) in [5.41, 5.74) is 0.950.